The van der Waals surface area contributed by atoms with Crippen molar-refractivity contribution < 1.29 is 0 Å². The minimum absolute atomic E-state index is 0.301. The zero-order valence-electron chi connectivity index (χ0n) is 7.98. The largest absolute Gasteiger partial charge is 0.327 e. The van der Waals surface area contributed by atoms with Gasteiger partial charge in [-0.25, -0.2) is 0 Å². The quantitative estimate of drug-likeness (QED) is 0.764. The number of hydrogen-bond acceptors (Lipinski definition) is 2. The van der Waals surface area contributed by atoms with Gasteiger partial charge in [-0.2, -0.15) is 0 Å². The maximum Gasteiger partial charge on any atom is 0.0447 e. The van der Waals surface area contributed by atoms with Crippen LogP contribution >= 0.6 is 0 Å². The highest BCUT2D eigenvalue weighted by atomic mass is 14.7. The van der Waals surface area contributed by atoms with E-state index in [1.807, 2.05) is 18.3 Å². The Morgan fingerprint density at radius 2 is 2.23 bits per heavy atom. The molecule has 1 fully saturated rings. The predicted molar refractivity (Wildman–Crippen MR) is 53.4 cm³/mol. The van der Waals surface area contributed by atoms with Gasteiger partial charge >= 0.3 is 0 Å². The van der Waals surface area contributed by atoms with Gasteiger partial charge in [0.2, 0.25) is 0 Å². The van der Waals surface area contributed by atoms with Gasteiger partial charge in [-0.05, 0) is 30.9 Å². The molecule has 0 saturated heterocycles. The van der Waals surface area contributed by atoms with E-state index < -0.39 is 0 Å². The van der Waals surface area contributed by atoms with Gasteiger partial charge in [-0.15, -0.1) is 0 Å². The average molecular weight is 176 g/mol. The summed E-state index contributed by atoms with van der Waals surface area (Å²) in [6, 6.07) is 6.33. The molecule has 1 aromatic rings. The fourth-order valence-corrected chi connectivity index (χ4v) is 1.73. The van der Waals surface area contributed by atoms with Crippen LogP contribution in [-0.2, 0) is 0 Å². The van der Waals surface area contributed by atoms with Crippen LogP contribution in [0.1, 0.15) is 31.4 Å². The van der Waals surface area contributed by atoms with E-state index in [9.17, 15) is 0 Å². The fraction of sp³-hybridized carbons (Fsp3) is 0.545. The summed E-state index contributed by atoms with van der Waals surface area (Å²) in [6.45, 7) is 2.17. The van der Waals surface area contributed by atoms with E-state index in [4.69, 9.17) is 5.73 Å². The van der Waals surface area contributed by atoms with E-state index in [1.165, 1.54) is 12.8 Å². The molecule has 0 aromatic carbocycles. The lowest BCUT2D eigenvalue weighted by molar-refractivity contribution is 0.501. The highest BCUT2D eigenvalue weighted by molar-refractivity contribution is 5.12. The molecule has 1 heterocycles. The van der Waals surface area contributed by atoms with Gasteiger partial charge in [-0.1, -0.05) is 13.0 Å². The molecule has 2 atom stereocenters. The number of aromatic nitrogens is 1. The Kier molecular flexibility index (Phi) is 2.32. The van der Waals surface area contributed by atoms with Crippen LogP contribution < -0.4 is 5.73 Å². The molecule has 1 aliphatic rings. The number of nitrogens with two attached hydrogens (primary N) is 1. The molecule has 0 spiro atoms. The predicted octanol–water partition coefficient (Wildman–Crippen LogP) is 1.92. The topological polar surface area (TPSA) is 38.9 Å². The first-order valence-corrected chi connectivity index (χ1v) is 4.95. The minimum Gasteiger partial charge on any atom is -0.327 e. The van der Waals surface area contributed by atoms with Gasteiger partial charge in [0.05, 0.1) is 0 Å². The van der Waals surface area contributed by atoms with Crippen LogP contribution in [0, 0.1) is 5.92 Å². The number of rotatable bonds is 3. The molecule has 0 aliphatic heterocycles. The number of nitrogens with zero attached hydrogens (tertiary/aromatic N) is 1. The number of hydrogen-bond donors (Lipinski definition) is 1. The number of pyridine rings is 1. The molecule has 0 amide bonds. The Morgan fingerprint density at radius 3 is 2.77 bits per heavy atom. The first-order chi connectivity index (χ1) is 6.29. The molecule has 1 saturated carbocycles. The SMILES string of the molecule is CC(c1ccccn1)C(N)C1CC1. The van der Waals surface area contributed by atoms with Crippen LogP contribution in [0.5, 0.6) is 0 Å². The van der Waals surface area contributed by atoms with Crippen molar-refractivity contribution >= 4 is 0 Å². The average Bonchev–Trinajstić information content (AvgIpc) is 3.00. The summed E-state index contributed by atoms with van der Waals surface area (Å²) in [5.74, 6) is 1.14. The zero-order valence-corrected chi connectivity index (χ0v) is 7.98. The highest BCUT2D eigenvalue weighted by Crippen LogP contribution is 2.37. The lowest BCUT2D eigenvalue weighted by Crippen LogP contribution is -2.29. The molecule has 2 N–H and O–H groups in total. The van der Waals surface area contributed by atoms with Crippen LogP contribution in [0.4, 0.5) is 0 Å². The summed E-state index contributed by atoms with van der Waals surface area (Å²) in [6.07, 6.45) is 4.45. The van der Waals surface area contributed by atoms with Gasteiger partial charge in [0.15, 0.2) is 0 Å². The van der Waals surface area contributed by atoms with Crippen molar-refractivity contribution in [1.82, 2.24) is 4.98 Å². The first-order valence-electron chi connectivity index (χ1n) is 4.95. The van der Waals surface area contributed by atoms with Crippen molar-refractivity contribution in [3.63, 3.8) is 0 Å². The fourth-order valence-electron chi connectivity index (χ4n) is 1.73. The molecule has 13 heavy (non-hydrogen) atoms. The zero-order chi connectivity index (χ0) is 9.26. The van der Waals surface area contributed by atoms with E-state index in [1.54, 1.807) is 0 Å². The summed E-state index contributed by atoms with van der Waals surface area (Å²) in [5.41, 5.74) is 7.24. The van der Waals surface area contributed by atoms with Crippen LogP contribution in [0.3, 0.4) is 0 Å². The summed E-state index contributed by atoms with van der Waals surface area (Å²) >= 11 is 0. The molecule has 2 nitrogen and oxygen atoms in total. The van der Waals surface area contributed by atoms with Crippen molar-refractivity contribution in [3.05, 3.63) is 30.1 Å². The van der Waals surface area contributed by atoms with Gasteiger partial charge in [0.25, 0.3) is 0 Å². The van der Waals surface area contributed by atoms with Gasteiger partial charge in [0.1, 0.15) is 0 Å². The standard InChI is InChI=1S/C11H16N2/c1-8(11(12)9-5-6-9)10-4-2-3-7-13-10/h2-4,7-9,11H,5-6,12H2,1H3. The van der Waals surface area contributed by atoms with Crippen LogP contribution in [0.25, 0.3) is 0 Å². The monoisotopic (exact) mass is 176 g/mol. The first kappa shape index (κ1) is 8.70. The molecular formula is C11H16N2. The van der Waals surface area contributed by atoms with Crippen molar-refractivity contribution in [3.8, 4) is 0 Å². The maximum atomic E-state index is 6.11. The van der Waals surface area contributed by atoms with Gasteiger partial charge < -0.3 is 5.73 Å². The van der Waals surface area contributed by atoms with Crippen molar-refractivity contribution in [2.45, 2.75) is 31.7 Å². The Morgan fingerprint density at radius 1 is 1.46 bits per heavy atom. The molecule has 70 valence electrons. The molecule has 2 rings (SSSR count). The second-order valence-corrected chi connectivity index (χ2v) is 3.96. The summed E-state index contributed by atoms with van der Waals surface area (Å²) in [4.78, 5) is 4.33. The van der Waals surface area contributed by atoms with Crippen molar-refractivity contribution in [2.24, 2.45) is 11.7 Å². The highest BCUT2D eigenvalue weighted by Gasteiger charge is 2.32. The third-order valence-electron chi connectivity index (χ3n) is 2.90. The van der Waals surface area contributed by atoms with E-state index in [2.05, 4.69) is 18.0 Å². The van der Waals surface area contributed by atoms with Crippen LogP contribution in [-0.4, -0.2) is 11.0 Å². The van der Waals surface area contributed by atoms with Crippen LogP contribution in [0.2, 0.25) is 0 Å². The summed E-state index contributed by atoms with van der Waals surface area (Å²) in [5, 5.41) is 0. The van der Waals surface area contributed by atoms with E-state index >= 15 is 0 Å². The van der Waals surface area contributed by atoms with Gasteiger partial charge in [-0.3, -0.25) is 4.98 Å². The second-order valence-electron chi connectivity index (χ2n) is 3.96. The van der Waals surface area contributed by atoms with Crippen molar-refractivity contribution in [2.75, 3.05) is 0 Å². The molecule has 0 radical (unpaired) electrons. The second kappa shape index (κ2) is 3.46. The van der Waals surface area contributed by atoms with E-state index in [-0.39, 0.29) is 0 Å². The Balaban J connectivity index is 2.07. The van der Waals surface area contributed by atoms with E-state index in [0.29, 0.717) is 12.0 Å². The van der Waals surface area contributed by atoms with Crippen molar-refractivity contribution in [1.29, 1.82) is 0 Å². The summed E-state index contributed by atoms with van der Waals surface area (Å²) in [7, 11) is 0. The summed E-state index contributed by atoms with van der Waals surface area (Å²) < 4.78 is 0. The molecule has 2 heteroatoms. The van der Waals surface area contributed by atoms with Gasteiger partial charge in [0, 0.05) is 23.9 Å². The Labute approximate surface area is 79.2 Å². The normalized spacial score (nSPS) is 21.1. The molecule has 1 aliphatic carbocycles. The third-order valence-corrected chi connectivity index (χ3v) is 2.90. The Bertz CT molecular complexity index is 267. The maximum absolute atomic E-state index is 6.11. The Hall–Kier alpha value is -0.890. The molecule has 1 aromatic heterocycles. The lowest BCUT2D eigenvalue weighted by atomic mass is 9.95. The molecular weight excluding hydrogens is 160 g/mol. The third kappa shape index (κ3) is 1.89. The van der Waals surface area contributed by atoms with E-state index in [0.717, 1.165) is 11.6 Å². The molecule has 2 unspecified atom stereocenters. The molecule has 0 bridgehead atoms. The van der Waals surface area contributed by atoms with Crippen LogP contribution in [0.15, 0.2) is 24.4 Å². The minimum atomic E-state index is 0.301. The lowest BCUT2D eigenvalue weighted by Gasteiger charge is -2.18. The smallest absolute Gasteiger partial charge is 0.0447 e.